The van der Waals surface area contributed by atoms with Gasteiger partial charge in [-0.15, -0.1) is 0 Å². The van der Waals surface area contributed by atoms with E-state index in [4.69, 9.17) is 18.9 Å². The zero-order chi connectivity index (χ0) is 38.3. The molecule has 3 rings (SSSR count). The average Bonchev–Trinajstić information content (AvgIpc) is 3.09. The smallest absolute Gasteiger partial charge is 0.241 e. The fourth-order valence-corrected chi connectivity index (χ4v) is 7.92. The van der Waals surface area contributed by atoms with Crippen molar-refractivity contribution in [2.75, 3.05) is 79.0 Å². The summed E-state index contributed by atoms with van der Waals surface area (Å²) in [5, 5.41) is 0. The molecule has 1 heterocycles. The maximum Gasteiger partial charge on any atom is 0.241 e. The molecule has 292 valence electrons. The summed E-state index contributed by atoms with van der Waals surface area (Å²) >= 11 is 0. The van der Waals surface area contributed by atoms with Gasteiger partial charge in [-0.05, 0) is 49.9 Å². The van der Waals surface area contributed by atoms with Gasteiger partial charge in [0.05, 0.1) is 62.6 Å². The Morgan fingerprint density at radius 2 is 0.788 bits per heavy atom. The molecule has 1 aliphatic heterocycles. The summed E-state index contributed by atoms with van der Waals surface area (Å²) in [5.74, 6) is -1.43. The van der Waals surface area contributed by atoms with E-state index >= 15 is 0 Å². The molecule has 2 aromatic rings. The van der Waals surface area contributed by atoms with E-state index in [1.807, 2.05) is 13.8 Å². The first-order valence-electron chi connectivity index (χ1n) is 17.7. The lowest BCUT2D eigenvalue weighted by molar-refractivity contribution is -0.137. The number of hydrogen-bond donors (Lipinski definition) is 2. The molecular formula is C36H56N4O10S2. The predicted molar refractivity (Wildman–Crippen MR) is 197 cm³/mol. The standard InChI is InChI=1S/C36H56N4O10S2/c1-27(2)33(37-51(43,44)31-11-7-29(5)8-12-31)35(41)39-15-19-47-23-25-49-21-17-40(18-22-50-26-24-48-20-16-39)36(42)34(28(3)4)38-52(45,46)32-13-9-30(6)10-14-32/h7-14,27-28,33-34,37-38H,15-26H2,1-6H3/t33-,34-/m1/s1. The fourth-order valence-electron chi connectivity index (χ4n) is 5.25. The summed E-state index contributed by atoms with van der Waals surface area (Å²) in [7, 11) is -7.91. The van der Waals surface area contributed by atoms with Gasteiger partial charge in [0.1, 0.15) is 12.1 Å². The molecule has 0 aliphatic carbocycles. The van der Waals surface area contributed by atoms with E-state index in [9.17, 15) is 26.4 Å². The molecule has 2 atom stereocenters. The van der Waals surface area contributed by atoms with Gasteiger partial charge in [0.2, 0.25) is 31.9 Å². The fraction of sp³-hybridized carbons (Fsp3) is 0.611. The van der Waals surface area contributed by atoms with Gasteiger partial charge in [0, 0.05) is 26.2 Å². The van der Waals surface area contributed by atoms with Crippen LogP contribution in [-0.2, 0) is 48.6 Å². The highest BCUT2D eigenvalue weighted by atomic mass is 32.2. The summed E-state index contributed by atoms with van der Waals surface area (Å²) in [5.41, 5.74) is 1.84. The molecule has 0 bridgehead atoms. The molecule has 2 amide bonds. The van der Waals surface area contributed by atoms with Gasteiger partial charge >= 0.3 is 0 Å². The molecule has 1 aliphatic rings. The lowest BCUT2D eigenvalue weighted by atomic mass is 10.0. The monoisotopic (exact) mass is 768 g/mol. The molecule has 52 heavy (non-hydrogen) atoms. The third-order valence-electron chi connectivity index (χ3n) is 8.48. The Labute approximate surface area is 309 Å². The molecule has 1 fully saturated rings. The Bertz CT molecular complexity index is 1480. The predicted octanol–water partition coefficient (Wildman–Crippen LogP) is 2.35. The first kappa shape index (κ1) is 43.4. The molecule has 0 spiro atoms. The molecule has 16 heteroatoms. The van der Waals surface area contributed by atoms with E-state index in [1.165, 1.54) is 34.1 Å². The molecule has 14 nitrogen and oxygen atoms in total. The van der Waals surface area contributed by atoms with Crippen molar-refractivity contribution in [3.8, 4) is 0 Å². The van der Waals surface area contributed by atoms with Gasteiger partial charge < -0.3 is 28.7 Å². The van der Waals surface area contributed by atoms with Crippen LogP contribution in [0.2, 0.25) is 0 Å². The normalized spacial score (nSPS) is 18.1. The van der Waals surface area contributed by atoms with Crippen LogP contribution in [-0.4, -0.2) is 130 Å². The second-order valence-electron chi connectivity index (χ2n) is 13.4. The molecule has 0 unspecified atom stereocenters. The Hall–Kier alpha value is -2.96. The average molecular weight is 769 g/mol. The van der Waals surface area contributed by atoms with Crippen molar-refractivity contribution in [1.29, 1.82) is 0 Å². The zero-order valence-corrected chi connectivity index (χ0v) is 32.8. The summed E-state index contributed by atoms with van der Waals surface area (Å²) in [6.45, 7) is 13.2. The number of hydrogen-bond acceptors (Lipinski definition) is 10. The minimum Gasteiger partial charge on any atom is -0.377 e. The number of nitrogens with one attached hydrogen (secondary N) is 2. The van der Waals surface area contributed by atoms with E-state index in [-0.39, 0.29) is 112 Å². The van der Waals surface area contributed by atoms with Crippen molar-refractivity contribution in [2.24, 2.45) is 11.8 Å². The maximum atomic E-state index is 13.7. The summed E-state index contributed by atoms with van der Waals surface area (Å²) in [6.07, 6.45) is 0. The second kappa shape index (κ2) is 21.1. The van der Waals surface area contributed by atoms with E-state index in [0.717, 1.165) is 11.1 Å². The maximum absolute atomic E-state index is 13.7. The highest BCUT2D eigenvalue weighted by Gasteiger charge is 2.33. The molecule has 0 radical (unpaired) electrons. The first-order chi connectivity index (χ1) is 24.6. The number of carbonyl (C=O) groups excluding carboxylic acids is 2. The van der Waals surface area contributed by atoms with Gasteiger partial charge in [-0.2, -0.15) is 9.44 Å². The van der Waals surface area contributed by atoms with E-state index < -0.39 is 32.1 Å². The van der Waals surface area contributed by atoms with Crippen LogP contribution in [0.3, 0.4) is 0 Å². The van der Waals surface area contributed by atoms with Gasteiger partial charge in [-0.25, -0.2) is 16.8 Å². The third-order valence-corrected chi connectivity index (χ3v) is 11.4. The van der Waals surface area contributed by atoms with Crippen LogP contribution >= 0.6 is 0 Å². The van der Waals surface area contributed by atoms with Gasteiger partial charge in [-0.3, -0.25) is 9.59 Å². The second-order valence-corrected chi connectivity index (χ2v) is 16.8. The van der Waals surface area contributed by atoms with Crippen molar-refractivity contribution in [1.82, 2.24) is 19.2 Å². The van der Waals surface area contributed by atoms with E-state index in [0.29, 0.717) is 0 Å². The summed E-state index contributed by atoms with van der Waals surface area (Å²) in [6, 6.07) is 10.9. The highest BCUT2D eigenvalue weighted by molar-refractivity contribution is 7.89. The molecule has 0 saturated carbocycles. The first-order valence-corrected chi connectivity index (χ1v) is 20.7. The van der Waals surface area contributed by atoms with Crippen LogP contribution < -0.4 is 9.44 Å². The number of benzene rings is 2. The number of amides is 2. The van der Waals surface area contributed by atoms with Crippen LogP contribution in [0.4, 0.5) is 0 Å². The highest BCUT2D eigenvalue weighted by Crippen LogP contribution is 2.16. The van der Waals surface area contributed by atoms with Crippen LogP contribution in [0.1, 0.15) is 38.8 Å². The lowest BCUT2D eigenvalue weighted by Gasteiger charge is -2.30. The Morgan fingerprint density at radius 3 is 1.04 bits per heavy atom. The SMILES string of the molecule is Cc1ccc(S(=O)(=O)N[C@@H](C(=O)N2CCOCCOCCN(C(=O)[C@H](NS(=O)(=O)c3ccc(C)cc3)C(C)C)CCOCCOCC2)C(C)C)cc1. The molecule has 2 aromatic carbocycles. The topological polar surface area (TPSA) is 170 Å². The Morgan fingerprint density at radius 1 is 0.519 bits per heavy atom. The van der Waals surface area contributed by atoms with Crippen LogP contribution in [0.5, 0.6) is 0 Å². The van der Waals surface area contributed by atoms with Gasteiger partial charge in [-0.1, -0.05) is 63.1 Å². The minimum atomic E-state index is -3.96. The lowest BCUT2D eigenvalue weighted by Crippen LogP contribution is -2.52. The van der Waals surface area contributed by atoms with Gasteiger partial charge in [0.25, 0.3) is 0 Å². The number of sulfonamides is 2. The number of nitrogens with zero attached hydrogens (tertiary/aromatic N) is 2. The van der Waals surface area contributed by atoms with Gasteiger partial charge in [0.15, 0.2) is 0 Å². The van der Waals surface area contributed by atoms with Crippen molar-refractivity contribution >= 4 is 31.9 Å². The number of carbonyl (C=O) groups is 2. The molecule has 0 aromatic heterocycles. The van der Waals surface area contributed by atoms with Crippen LogP contribution in [0, 0.1) is 25.7 Å². The minimum absolute atomic E-state index is 0.0814. The molecule has 2 N–H and O–H groups in total. The van der Waals surface area contributed by atoms with Crippen molar-refractivity contribution < 1.29 is 45.4 Å². The van der Waals surface area contributed by atoms with E-state index in [2.05, 4.69) is 9.44 Å². The summed E-state index contributed by atoms with van der Waals surface area (Å²) < 4.78 is 80.9. The quantitative estimate of drug-likeness (QED) is 0.366. The Balaban J connectivity index is 1.61. The molecular weight excluding hydrogens is 713 g/mol. The number of ether oxygens (including phenoxy) is 4. The molecule has 1 saturated heterocycles. The van der Waals surface area contributed by atoms with Crippen molar-refractivity contribution in [3.63, 3.8) is 0 Å². The Kier molecular flexibility index (Phi) is 17.6. The van der Waals surface area contributed by atoms with Crippen molar-refractivity contribution in [3.05, 3.63) is 59.7 Å². The summed E-state index contributed by atoms with van der Waals surface area (Å²) in [4.78, 5) is 30.7. The third kappa shape index (κ3) is 13.8. The number of aryl methyl sites for hydroxylation is 2. The van der Waals surface area contributed by atoms with Crippen molar-refractivity contribution in [2.45, 2.75) is 63.4 Å². The van der Waals surface area contributed by atoms with Crippen LogP contribution in [0.25, 0.3) is 0 Å². The number of rotatable bonds is 10. The van der Waals surface area contributed by atoms with E-state index in [1.54, 1.807) is 52.0 Å². The largest absolute Gasteiger partial charge is 0.377 e. The zero-order valence-electron chi connectivity index (χ0n) is 31.2. The van der Waals surface area contributed by atoms with Crippen LogP contribution in [0.15, 0.2) is 58.3 Å².